The molecule has 0 aliphatic carbocycles. The summed E-state index contributed by atoms with van der Waals surface area (Å²) in [5.74, 6) is -2.15. The lowest BCUT2D eigenvalue weighted by Gasteiger charge is -2.51. The first-order valence-corrected chi connectivity index (χ1v) is 6.38. The maximum absolute atomic E-state index is 11.8. The second-order valence-corrected chi connectivity index (χ2v) is 5.76. The molecule has 0 spiro atoms. The molecule has 8 nitrogen and oxygen atoms in total. The van der Waals surface area contributed by atoms with Gasteiger partial charge in [0.25, 0.3) is 0 Å². The molecule has 0 saturated heterocycles. The van der Waals surface area contributed by atoms with Gasteiger partial charge in [-0.05, 0) is 34.6 Å². The number of aliphatic hydroxyl groups is 6. The number of carbonyl (C=O) groups is 2. The van der Waals surface area contributed by atoms with Crippen molar-refractivity contribution in [1.29, 1.82) is 0 Å². The Balaban J connectivity index is 6.20. The molecule has 0 aliphatic heterocycles. The van der Waals surface area contributed by atoms with Gasteiger partial charge in [-0.2, -0.15) is 0 Å². The Kier molecular flexibility index (Phi) is 5.81. The van der Waals surface area contributed by atoms with Crippen LogP contribution in [0.2, 0.25) is 0 Å². The first-order valence-electron chi connectivity index (χ1n) is 6.38. The Morgan fingerprint density at radius 2 is 1.29 bits per heavy atom. The van der Waals surface area contributed by atoms with Crippen LogP contribution in [-0.4, -0.2) is 77.3 Å². The first-order chi connectivity index (χ1) is 9.15. The molecule has 6 atom stereocenters. The van der Waals surface area contributed by atoms with Crippen LogP contribution < -0.4 is 0 Å². The van der Waals surface area contributed by atoms with Crippen molar-refractivity contribution < 1.29 is 40.2 Å². The molecule has 0 aromatic rings. The van der Waals surface area contributed by atoms with E-state index in [0.29, 0.717) is 0 Å². The second-order valence-electron chi connectivity index (χ2n) is 5.76. The summed E-state index contributed by atoms with van der Waals surface area (Å²) < 4.78 is 0. The molecular formula is C13H24O8. The Morgan fingerprint density at radius 1 is 0.905 bits per heavy atom. The SMILES string of the molecule is CC(=O)C(O)[C@](C)(O)[C@](O)(C(C)=O)[C@](C)(O)[C@H](O)C(C)O. The minimum absolute atomic E-state index is 0.781. The fourth-order valence-corrected chi connectivity index (χ4v) is 2.50. The van der Waals surface area contributed by atoms with E-state index in [2.05, 4.69) is 0 Å². The first kappa shape index (κ1) is 20.1. The van der Waals surface area contributed by atoms with Crippen molar-refractivity contribution in [3.63, 3.8) is 0 Å². The lowest BCUT2D eigenvalue weighted by molar-refractivity contribution is -0.275. The number of hydrogen-bond acceptors (Lipinski definition) is 8. The smallest absolute Gasteiger partial charge is 0.185 e. The van der Waals surface area contributed by atoms with Gasteiger partial charge < -0.3 is 30.6 Å². The summed E-state index contributed by atoms with van der Waals surface area (Å²) in [7, 11) is 0. The maximum atomic E-state index is 11.8. The Labute approximate surface area is 122 Å². The summed E-state index contributed by atoms with van der Waals surface area (Å²) >= 11 is 0. The van der Waals surface area contributed by atoms with E-state index >= 15 is 0 Å². The third-order valence-corrected chi connectivity index (χ3v) is 3.92. The molecule has 0 bridgehead atoms. The van der Waals surface area contributed by atoms with Gasteiger partial charge in [-0.25, -0.2) is 0 Å². The highest BCUT2D eigenvalue weighted by Crippen LogP contribution is 2.39. The van der Waals surface area contributed by atoms with E-state index in [1.165, 1.54) is 0 Å². The van der Waals surface area contributed by atoms with Gasteiger partial charge in [0.1, 0.15) is 23.4 Å². The molecular weight excluding hydrogens is 284 g/mol. The molecule has 0 saturated carbocycles. The van der Waals surface area contributed by atoms with Crippen molar-refractivity contribution in [2.45, 2.75) is 69.7 Å². The molecule has 0 amide bonds. The Hall–Kier alpha value is -0.900. The van der Waals surface area contributed by atoms with E-state index in [1.54, 1.807) is 0 Å². The van der Waals surface area contributed by atoms with Gasteiger partial charge >= 0.3 is 0 Å². The lowest BCUT2D eigenvalue weighted by Crippen LogP contribution is -2.77. The summed E-state index contributed by atoms with van der Waals surface area (Å²) in [4.78, 5) is 23.1. The molecule has 124 valence electrons. The van der Waals surface area contributed by atoms with E-state index in [0.717, 1.165) is 34.6 Å². The summed E-state index contributed by atoms with van der Waals surface area (Å²) in [6.07, 6.45) is -5.78. The molecule has 21 heavy (non-hydrogen) atoms. The number of ketones is 2. The number of rotatable bonds is 7. The van der Waals surface area contributed by atoms with E-state index in [-0.39, 0.29) is 0 Å². The van der Waals surface area contributed by atoms with Crippen LogP contribution in [0, 0.1) is 0 Å². The molecule has 6 N–H and O–H groups in total. The van der Waals surface area contributed by atoms with Crippen LogP contribution in [0.3, 0.4) is 0 Å². The predicted octanol–water partition coefficient (Wildman–Crippen LogP) is -2.50. The van der Waals surface area contributed by atoms with Gasteiger partial charge in [0.05, 0.1) is 6.10 Å². The third kappa shape index (κ3) is 3.01. The summed E-state index contributed by atoms with van der Waals surface area (Å²) in [6, 6.07) is 0. The van der Waals surface area contributed by atoms with Crippen LogP contribution in [0.5, 0.6) is 0 Å². The zero-order chi connectivity index (χ0) is 17.4. The van der Waals surface area contributed by atoms with Crippen molar-refractivity contribution in [2.24, 2.45) is 0 Å². The summed E-state index contributed by atoms with van der Waals surface area (Å²) in [6.45, 7) is 4.41. The average Bonchev–Trinajstić information content (AvgIpc) is 2.34. The Bertz CT molecular complexity index is 414. The van der Waals surface area contributed by atoms with Crippen molar-refractivity contribution in [1.82, 2.24) is 0 Å². The number of hydrogen-bond donors (Lipinski definition) is 6. The Morgan fingerprint density at radius 3 is 1.52 bits per heavy atom. The monoisotopic (exact) mass is 308 g/mol. The number of aliphatic hydroxyl groups excluding tert-OH is 3. The topological polar surface area (TPSA) is 156 Å². The van der Waals surface area contributed by atoms with Crippen LogP contribution in [0.25, 0.3) is 0 Å². The molecule has 2 unspecified atom stereocenters. The van der Waals surface area contributed by atoms with E-state index < -0.39 is 46.7 Å². The molecule has 8 heteroatoms. The van der Waals surface area contributed by atoms with Crippen LogP contribution in [-0.2, 0) is 9.59 Å². The van der Waals surface area contributed by atoms with Crippen LogP contribution in [0.4, 0.5) is 0 Å². The highest BCUT2D eigenvalue weighted by Gasteiger charge is 2.67. The minimum Gasteiger partial charge on any atom is -0.391 e. The van der Waals surface area contributed by atoms with Gasteiger partial charge in [-0.15, -0.1) is 0 Å². The summed E-state index contributed by atoms with van der Waals surface area (Å²) in [5.41, 5.74) is -8.65. The van der Waals surface area contributed by atoms with Crippen LogP contribution >= 0.6 is 0 Å². The third-order valence-electron chi connectivity index (χ3n) is 3.92. The fraction of sp³-hybridized carbons (Fsp3) is 0.846. The van der Waals surface area contributed by atoms with Gasteiger partial charge in [-0.1, -0.05) is 0 Å². The number of carbonyl (C=O) groups excluding carboxylic acids is 2. The largest absolute Gasteiger partial charge is 0.391 e. The molecule has 0 aromatic heterocycles. The summed E-state index contributed by atoms with van der Waals surface area (Å²) in [5, 5.41) is 60.2. The van der Waals surface area contributed by atoms with Gasteiger partial charge in [0.2, 0.25) is 0 Å². The molecule has 0 aliphatic rings. The zero-order valence-electron chi connectivity index (χ0n) is 12.7. The quantitative estimate of drug-likeness (QED) is 0.301. The number of Topliss-reactive ketones (excluding diaryl/α,β-unsaturated/α-hetero) is 2. The predicted molar refractivity (Wildman–Crippen MR) is 71.3 cm³/mol. The second kappa shape index (κ2) is 6.07. The van der Waals surface area contributed by atoms with E-state index in [9.17, 15) is 40.2 Å². The average molecular weight is 308 g/mol. The van der Waals surface area contributed by atoms with Crippen molar-refractivity contribution >= 4 is 11.6 Å². The van der Waals surface area contributed by atoms with Gasteiger partial charge in [-0.3, -0.25) is 9.59 Å². The van der Waals surface area contributed by atoms with Crippen molar-refractivity contribution in [3.8, 4) is 0 Å². The highest BCUT2D eigenvalue weighted by molar-refractivity contribution is 5.91. The molecule has 0 radical (unpaired) electrons. The highest BCUT2D eigenvalue weighted by atomic mass is 16.4. The van der Waals surface area contributed by atoms with Crippen molar-refractivity contribution in [3.05, 3.63) is 0 Å². The van der Waals surface area contributed by atoms with Crippen molar-refractivity contribution in [2.75, 3.05) is 0 Å². The maximum Gasteiger partial charge on any atom is 0.185 e. The van der Waals surface area contributed by atoms with Crippen LogP contribution in [0.15, 0.2) is 0 Å². The normalized spacial score (nSPS) is 24.9. The molecule has 0 fully saturated rings. The van der Waals surface area contributed by atoms with Gasteiger partial charge in [0.15, 0.2) is 17.2 Å². The van der Waals surface area contributed by atoms with Crippen LogP contribution in [0.1, 0.15) is 34.6 Å². The van der Waals surface area contributed by atoms with E-state index in [4.69, 9.17) is 0 Å². The zero-order valence-corrected chi connectivity index (χ0v) is 12.7. The lowest BCUT2D eigenvalue weighted by atomic mass is 9.64. The molecule has 0 rings (SSSR count). The van der Waals surface area contributed by atoms with Gasteiger partial charge in [0, 0.05) is 0 Å². The van der Waals surface area contributed by atoms with E-state index in [1.807, 2.05) is 0 Å². The fourth-order valence-electron chi connectivity index (χ4n) is 2.50. The molecule has 0 aromatic carbocycles. The minimum atomic E-state index is -3.11. The molecule has 0 heterocycles. The standard InChI is InChI=1S/C13H24O8/c1-6(14)9(17)11(4,19)13(21,8(3)16)12(5,20)10(18)7(2)15/h6,9-10,14,17-21H,1-5H3/t6?,9-,10?,11-,12+,13+/m1/s1.